The third kappa shape index (κ3) is 4.70. The summed E-state index contributed by atoms with van der Waals surface area (Å²) in [5, 5.41) is 10.5. The number of fused-ring (bicyclic) bond motifs is 13. The number of nitrogens with zero attached hydrogens (tertiary/aromatic N) is 2. The molecule has 274 valence electrons. The van der Waals surface area contributed by atoms with E-state index in [1.54, 1.807) is 0 Å². The maximum absolute atomic E-state index is 2.59. The summed E-state index contributed by atoms with van der Waals surface area (Å²) in [6.07, 6.45) is 2.37. The van der Waals surface area contributed by atoms with E-state index in [9.17, 15) is 0 Å². The predicted molar refractivity (Wildman–Crippen MR) is 246 cm³/mol. The fourth-order valence-corrected chi connectivity index (χ4v) is 11.4. The molecule has 1 aliphatic rings. The Morgan fingerprint density at radius 2 is 1.00 bits per heavy atom. The number of benzene rings is 8. The molecule has 0 N–H and O–H groups in total. The van der Waals surface area contributed by atoms with Crippen molar-refractivity contribution in [2.45, 2.75) is 51.4 Å². The first-order valence-electron chi connectivity index (χ1n) is 20.3. The molecule has 57 heavy (non-hydrogen) atoms. The van der Waals surface area contributed by atoms with E-state index in [1.807, 2.05) is 11.3 Å². The molecule has 0 spiro atoms. The molecule has 0 saturated carbocycles. The van der Waals surface area contributed by atoms with Crippen LogP contribution in [0.25, 0.3) is 97.1 Å². The summed E-state index contributed by atoms with van der Waals surface area (Å²) in [4.78, 5) is 0. The molecule has 3 heteroatoms. The van der Waals surface area contributed by atoms with Gasteiger partial charge in [-0.25, -0.2) is 0 Å². The average Bonchev–Trinajstić information content (AvgIpc) is 3.89. The molecule has 11 aromatic rings. The molecule has 3 heterocycles. The number of aromatic nitrogens is 2. The lowest BCUT2D eigenvalue weighted by Gasteiger charge is -2.42. The van der Waals surface area contributed by atoms with Crippen molar-refractivity contribution in [1.82, 2.24) is 9.13 Å². The van der Waals surface area contributed by atoms with Gasteiger partial charge in [0.05, 0.1) is 22.1 Å². The summed E-state index contributed by atoms with van der Waals surface area (Å²) in [6, 6.07) is 59.4. The first-order chi connectivity index (χ1) is 27.7. The highest BCUT2D eigenvalue weighted by molar-refractivity contribution is 7.25. The Balaban J connectivity index is 1.20. The van der Waals surface area contributed by atoms with Gasteiger partial charge in [0.25, 0.3) is 0 Å². The van der Waals surface area contributed by atoms with Crippen LogP contribution >= 0.6 is 11.3 Å². The van der Waals surface area contributed by atoms with Gasteiger partial charge in [0.2, 0.25) is 0 Å². The number of hydrogen-bond acceptors (Lipinski definition) is 1. The van der Waals surface area contributed by atoms with Crippen LogP contribution in [-0.2, 0) is 10.8 Å². The number of hydrogen-bond donors (Lipinski definition) is 0. The van der Waals surface area contributed by atoms with E-state index in [-0.39, 0.29) is 10.8 Å². The third-order valence-electron chi connectivity index (χ3n) is 13.4. The second-order valence-corrected chi connectivity index (χ2v) is 18.7. The first kappa shape index (κ1) is 33.0. The fourth-order valence-electron chi connectivity index (χ4n) is 10.3. The molecule has 0 aliphatic heterocycles. The summed E-state index contributed by atoms with van der Waals surface area (Å²) in [5.41, 5.74) is 13.0. The van der Waals surface area contributed by atoms with Gasteiger partial charge in [-0.1, -0.05) is 119 Å². The second-order valence-electron chi connectivity index (χ2n) is 17.6. The molecule has 0 radical (unpaired) electrons. The minimum atomic E-state index is 0.0914. The number of rotatable bonds is 3. The van der Waals surface area contributed by atoms with Crippen molar-refractivity contribution in [3.8, 4) is 22.5 Å². The van der Waals surface area contributed by atoms with Crippen molar-refractivity contribution in [2.75, 3.05) is 0 Å². The molecule has 0 atom stereocenters. The quantitative estimate of drug-likeness (QED) is 0.170. The summed E-state index contributed by atoms with van der Waals surface area (Å²) in [5.74, 6) is 0. The maximum atomic E-state index is 2.59. The monoisotopic (exact) mass is 750 g/mol. The molecule has 12 rings (SSSR count). The van der Waals surface area contributed by atoms with Crippen LogP contribution in [0.4, 0.5) is 0 Å². The standard InChI is InChI=1S/C54H42N2S/c1-53(2)27-28-54(3,4)43-32-47-41(31-42(43)53)51-45(55(47)36-15-6-5-7-16-36)25-26-46-52(51)50-38-18-9-8-13-33(38)22-24-44(50)56(46)37-17-12-14-34(29-37)35-21-23-40-39-19-10-11-20-48(39)57-49(40)30-35/h5-26,29-32H,27-28H2,1-4H3. The van der Waals surface area contributed by atoms with Crippen LogP contribution in [0, 0.1) is 0 Å². The second kappa shape index (κ2) is 11.7. The topological polar surface area (TPSA) is 9.86 Å². The van der Waals surface area contributed by atoms with E-state index in [4.69, 9.17) is 0 Å². The van der Waals surface area contributed by atoms with Gasteiger partial charge in [-0.15, -0.1) is 11.3 Å². The third-order valence-corrected chi connectivity index (χ3v) is 14.5. The molecule has 8 aromatic carbocycles. The van der Waals surface area contributed by atoms with Gasteiger partial charge in [-0.2, -0.15) is 0 Å². The average molecular weight is 751 g/mol. The smallest absolute Gasteiger partial charge is 0.0549 e. The number of thiophene rings is 1. The van der Waals surface area contributed by atoms with Gasteiger partial charge in [0, 0.05) is 53.1 Å². The Morgan fingerprint density at radius 3 is 1.81 bits per heavy atom. The van der Waals surface area contributed by atoms with Crippen molar-refractivity contribution in [3.05, 3.63) is 169 Å². The fraction of sp³-hybridized carbons (Fsp3) is 0.148. The van der Waals surface area contributed by atoms with E-state index in [0.29, 0.717) is 0 Å². The molecule has 1 aliphatic carbocycles. The van der Waals surface area contributed by atoms with E-state index < -0.39 is 0 Å². The van der Waals surface area contributed by atoms with Crippen LogP contribution in [0.3, 0.4) is 0 Å². The molecular formula is C54H42N2S. The Bertz CT molecular complexity index is 3460. The highest BCUT2D eigenvalue weighted by Crippen LogP contribution is 2.51. The molecule has 0 bridgehead atoms. The summed E-state index contributed by atoms with van der Waals surface area (Å²) in [6.45, 7) is 9.78. The summed E-state index contributed by atoms with van der Waals surface area (Å²) in [7, 11) is 0. The van der Waals surface area contributed by atoms with Crippen molar-refractivity contribution in [2.24, 2.45) is 0 Å². The Labute approximate surface area is 336 Å². The Morgan fingerprint density at radius 1 is 0.404 bits per heavy atom. The molecule has 0 amide bonds. The van der Waals surface area contributed by atoms with Crippen molar-refractivity contribution in [1.29, 1.82) is 0 Å². The Kier molecular flexibility index (Phi) is 6.77. The Hall–Kier alpha value is -6.16. The molecular weight excluding hydrogens is 709 g/mol. The zero-order chi connectivity index (χ0) is 38.2. The molecule has 0 saturated heterocycles. The van der Waals surface area contributed by atoms with E-state index in [0.717, 1.165) is 0 Å². The van der Waals surface area contributed by atoms with Gasteiger partial charge in [0.15, 0.2) is 0 Å². The SMILES string of the molecule is CC1(C)CCC(C)(C)c2cc3c(cc21)c1c2c4c5ccccc5ccc4n(-c4cccc(-c5ccc6c(c5)sc5ccccc56)c4)c2ccc1n3-c1ccccc1. The summed E-state index contributed by atoms with van der Waals surface area (Å²) < 4.78 is 7.72. The highest BCUT2D eigenvalue weighted by Gasteiger charge is 2.38. The van der Waals surface area contributed by atoms with Crippen molar-refractivity contribution >= 4 is 85.9 Å². The lowest BCUT2D eigenvalue weighted by Crippen LogP contribution is -2.33. The summed E-state index contributed by atoms with van der Waals surface area (Å²) >= 11 is 1.88. The molecule has 0 fully saturated rings. The minimum absolute atomic E-state index is 0.0914. The van der Waals surface area contributed by atoms with Crippen molar-refractivity contribution < 1.29 is 0 Å². The maximum Gasteiger partial charge on any atom is 0.0549 e. The van der Waals surface area contributed by atoms with Gasteiger partial charge in [0.1, 0.15) is 0 Å². The van der Waals surface area contributed by atoms with Crippen LogP contribution in [0.5, 0.6) is 0 Å². The zero-order valence-electron chi connectivity index (χ0n) is 32.7. The lowest BCUT2D eigenvalue weighted by molar-refractivity contribution is 0.332. The largest absolute Gasteiger partial charge is 0.309 e. The molecule has 2 nitrogen and oxygen atoms in total. The van der Waals surface area contributed by atoms with E-state index in [2.05, 4.69) is 195 Å². The first-order valence-corrected chi connectivity index (χ1v) is 21.1. The lowest BCUT2D eigenvalue weighted by atomic mass is 9.63. The molecule has 3 aromatic heterocycles. The minimum Gasteiger partial charge on any atom is -0.309 e. The van der Waals surface area contributed by atoms with Crippen LogP contribution in [0.2, 0.25) is 0 Å². The van der Waals surface area contributed by atoms with Crippen LogP contribution in [0.1, 0.15) is 51.7 Å². The molecule has 0 unspecified atom stereocenters. The zero-order valence-corrected chi connectivity index (χ0v) is 33.5. The predicted octanol–water partition coefficient (Wildman–Crippen LogP) is 15.4. The van der Waals surface area contributed by atoms with Crippen LogP contribution in [-0.4, -0.2) is 9.13 Å². The van der Waals surface area contributed by atoms with Gasteiger partial charge in [-0.05, 0) is 123 Å². The van der Waals surface area contributed by atoms with Crippen molar-refractivity contribution in [3.63, 3.8) is 0 Å². The number of para-hydroxylation sites is 1. The van der Waals surface area contributed by atoms with Crippen LogP contribution in [0.15, 0.2) is 158 Å². The van der Waals surface area contributed by atoms with Gasteiger partial charge >= 0.3 is 0 Å². The van der Waals surface area contributed by atoms with E-state index in [1.165, 1.54) is 121 Å². The normalized spacial score (nSPS) is 15.2. The highest BCUT2D eigenvalue weighted by atomic mass is 32.1. The van der Waals surface area contributed by atoms with Crippen LogP contribution < -0.4 is 0 Å². The van der Waals surface area contributed by atoms with Gasteiger partial charge < -0.3 is 9.13 Å². The van der Waals surface area contributed by atoms with E-state index >= 15 is 0 Å². The van der Waals surface area contributed by atoms with Gasteiger partial charge in [-0.3, -0.25) is 0 Å².